The van der Waals surface area contributed by atoms with Gasteiger partial charge in [0, 0.05) is 0 Å². The lowest BCUT2D eigenvalue weighted by Crippen LogP contribution is -2.17. The van der Waals surface area contributed by atoms with E-state index in [0.29, 0.717) is 18.4 Å². The normalized spacial score (nSPS) is 13.8. The van der Waals surface area contributed by atoms with E-state index in [0.717, 1.165) is 16.7 Å². The zero-order valence-corrected chi connectivity index (χ0v) is 11.9. The summed E-state index contributed by atoms with van der Waals surface area (Å²) >= 11 is 0. The van der Waals surface area contributed by atoms with Crippen molar-refractivity contribution in [3.05, 3.63) is 58.7 Å². The summed E-state index contributed by atoms with van der Waals surface area (Å²) in [6.45, 7) is 0. The van der Waals surface area contributed by atoms with E-state index in [9.17, 15) is 23.4 Å². The molecule has 0 saturated carbocycles. The molecule has 0 fully saturated rings. The van der Waals surface area contributed by atoms with E-state index in [-0.39, 0.29) is 17.2 Å². The zero-order chi connectivity index (χ0) is 16.6. The van der Waals surface area contributed by atoms with Gasteiger partial charge >= 0.3 is 6.36 Å². The van der Waals surface area contributed by atoms with E-state index in [1.165, 1.54) is 30.3 Å². The molecule has 0 unspecified atom stereocenters. The Hall–Kier alpha value is -2.63. The molecular weight excluding hydrogens is 309 g/mol. The van der Waals surface area contributed by atoms with Gasteiger partial charge in [0.05, 0.1) is 0 Å². The van der Waals surface area contributed by atoms with Crippen LogP contribution in [-0.4, -0.2) is 16.6 Å². The number of hydrogen-bond acceptors (Lipinski definition) is 3. The second-order valence-electron chi connectivity index (χ2n) is 5.39. The van der Waals surface area contributed by atoms with Crippen molar-refractivity contribution >= 4 is 6.08 Å². The van der Waals surface area contributed by atoms with Crippen LogP contribution >= 0.6 is 0 Å². The lowest BCUT2D eigenvalue weighted by Gasteiger charge is -2.09. The van der Waals surface area contributed by atoms with E-state index in [4.69, 9.17) is 0 Å². The topological polar surface area (TPSA) is 49.7 Å². The van der Waals surface area contributed by atoms with E-state index in [2.05, 4.69) is 4.74 Å². The summed E-state index contributed by atoms with van der Waals surface area (Å²) in [5.41, 5.74) is 3.38. The average molecular weight is 322 g/mol. The molecule has 0 saturated heterocycles. The minimum atomic E-state index is -4.72. The minimum Gasteiger partial charge on any atom is -0.504 e. The average Bonchev–Trinajstić information content (AvgIpc) is 2.79. The van der Waals surface area contributed by atoms with E-state index in [1.54, 1.807) is 12.1 Å². The number of benzene rings is 2. The number of allylic oxidation sites excluding steroid dienone is 1. The third-order valence-corrected chi connectivity index (χ3v) is 3.59. The van der Waals surface area contributed by atoms with Gasteiger partial charge in [-0.15, -0.1) is 13.2 Å². The van der Waals surface area contributed by atoms with Crippen LogP contribution in [0.5, 0.6) is 17.2 Å². The standard InChI is InChI=1S/C17H13F3O3/c18-17(19,20)23-14-3-1-2-10(7-14)4-11-5-12-8-15(21)16(22)9-13(12)6-11/h1-4,7-9,21-22H,5-6H2. The Morgan fingerprint density at radius 3 is 2.13 bits per heavy atom. The summed E-state index contributed by atoms with van der Waals surface area (Å²) < 4.78 is 40.6. The Morgan fingerprint density at radius 2 is 1.57 bits per heavy atom. The maximum atomic E-state index is 12.2. The summed E-state index contributed by atoms with van der Waals surface area (Å²) in [7, 11) is 0. The van der Waals surface area contributed by atoms with Gasteiger partial charge in [-0.25, -0.2) is 0 Å². The third-order valence-electron chi connectivity index (χ3n) is 3.59. The van der Waals surface area contributed by atoms with Crippen LogP contribution in [0.1, 0.15) is 16.7 Å². The van der Waals surface area contributed by atoms with Gasteiger partial charge in [-0.2, -0.15) is 0 Å². The van der Waals surface area contributed by atoms with Gasteiger partial charge in [-0.1, -0.05) is 23.8 Å². The smallest absolute Gasteiger partial charge is 0.504 e. The molecule has 1 aliphatic rings. The highest BCUT2D eigenvalue weighted by molar-refractivity contribution is 5.61. The zero-order valence-electron chi connectivity index (χ0n) is 11.9. The number of aromatic hydroxyl groups is 2. The molecule has 2 aromatic carbocycles. The van der Waals surface area contributed by atoms with Crippen LogP contribution in [0.15, 0.2) is 42.0 Å². The fourth-order valence-corrected chi connectivity index (χ4v) is 2.68. The van der Waals surface area contributed by atoms with E-state index >= 15 is 0 Å². The number of halogens is 3. The third kappa shape index (κ3) is 3.59. The maximum Gasteiger partial charge on any atom is 0.573 e. The number of rotatable bonds is 2. The van der Waals surface area contributed by atoms with Crippen LogP contribution in [0.3, 0.4) is 0 Å². The molecule has 0 atom stereocenters. The predicted octanol–water partition coefficient (Wildman–Crippen LogP) is 4.18. The highest BCUT2D eigenvalue weighted by Gasteiger charge is 2.31. The van der Waals surface area contributed by atoms with Crippen molar-refractivity contribution in [2.75, 3.05) is 0 Å². The summed E-state index contributed by atoms with van der Waals surface area (Å²) in [5, 5.41) is 19.0. The Kier molecular flexibility index (Phi) is 3.67. The number of fused-ring (bicyclic) bond motifs is 1. The van der Waals surface area contributed by atoms with Crippen molar-refractivity contribution in [2.45, 2.75) is 19.2 Å². The van der Waals surface area contributed by atoms with Gasteiger partial charge in [0.2, 0.25) is 0 Å². The second-order valence-corrected chi connectivity index (χ2v) is 5.39. The van der Waals surface area contributed by atoms with Crippen molar-refractivity contribution in [1.82, 2.24) is 0 Å². The van der Waals surface area contributed by atoms with Gasteiger partial charge in [-0.3, -0.25) is 0 Å². The molecule has 23 heavy (non-hydrogen) atoms. The number of phenols is 2. The van der Waals surface area contributed by atoms with Crippen LogP contribution in [-0.2, 0) is 12.8 Å². The first-order valence-corrected chi connectivity index (χ1v) is 6.89. The molecule has 6 heteroatoms. The molecule has 0 aromatic heterocycles. The van der Waals surface area contributed by atoms with Crippen LogP contribution < -0.4 is 4.74 Å². The Balaban J connectivity index is 1.82. The van der Waals surface area contributed by atoms with Gasteiger partial charge in [0.25, 0.3) is 0 Å². The quantitative estimate of drug-likeness (QED) is 0.816. The number of hydrogen-bond donors (Lipinski definition) is 2. The number of alkyl halides is 3. The van der Waals surface area contributed by atoms with Crippen LogP contribution in [0.2, 0.25) is 0 Å². The van der Waals surface area contributed by atoms with Crippen molar-refractivity contribution in [3.8, 4) is 17.2 Å². The van der Waals surface area contributed by atoms with E-state index in [1.807, 2.05) is 0 Å². The molecule has 0 spiro atoms. The minimum absolute atomic E-state index is 0.175. The highest BCUT2D eigenvalue weighted by Crippen LogP contribution is 2.36. The first-order chi connectivity index (χ1) is 10.8. The maximum absolute atomic E-state index is 12.2. The monoisotopic (exact) mass is 322 g/mol. The molecule has 3 nitrogen and oxygen atoms in total. The molecule has 2 N–H and O–H groups in total. The number of phenolic OH excluding ortho intramolecular Hbond substituents is 2. The first kappa shape index (κ1) is 15.3. The molecule has 1 aliphatic carbocycles. The largest absolute Gasteiger partial charge is 0.573 e. The molecule has 0 heterocycles. The highest BCUT2D eigenvalue weighted by atomic mass is 19.4. The summed E-state index contributed by atoms with van der Waals surface area (Å²) in [5.74, 6) is -0.617. The SMILES string of the molecule is Oc1cc2c(cc1O)CC(=Cc1cccc(OC(F)(F)F)c1)C2. The number of ether oxygens (including phenoxy) is 1. The molecule has 0 radical (unpaired) electrons. The molecule has 0 amide bonds. The second kappa shape index (κ2) is 5.53. The summed E-state index contributed by atoms with van der Waals surface area (Å²) in [4.78, 5) is 0. The van der Waals surface area contributed by atoms with Gasteiger partial charge in [0.1, 0.15) is 5.75 Å². The predicted molar refractivity (Wildman–Crippen MR) is 78.3 cm³/mol. The van der Waals surface area contributed by atoms with Gasteiger partial charge < -0.3 is 14.9 Å². The van der Waals surface area contributed by atoms with Gasteiger partial charge in [0.15, 0.2) is 11.5 Å². The lowest BCUT2D eigenvalue weighted by molar-refractivity contribution is -0.274. The van der Waals surface area contributed by atoms with Crippen LogP contribution in [0.4, 0.5) is 13.2 Å². The molecule has 0 bridgehead atoms. The fourth-order valence-electron chi connectivity index (χ4n) is 2.68. The molecule has 0 aliphatic heterocycles. The van der Waals surface area contributed by atoms with E-state index < -0.39 is 6.36 Å². The molecule has 3 rings (SSSR count). The van der Waals surface area contributed by atoms with Crippen LogP contribution in [0, 0.1) is 0 Å². The Bertz CT molecular complexity index is 746. The molecular formula is C17H13F3O3. The van der Waals surface area contributed by atoms with Crippen molar-refractivity contribution in [2.24, 2.45) is 0 Å². The first-order valence-electron chi connectivity index (χ1n) is 6.89. The van der Waals surface area contributed by atoms with Crippen molar-refractivity contribution < 1.29 is 28.1 Å². The van der Waals surface area contributed by atoms with Gasteiger partial charge in [-0.05, 0) is 53.8 Å². The Morgan fingerprint density at radius 1 is 0.957 bits per heavy atom. The lowest BCUT2D eigenvalue weighted by atomic mass is 10.1. The fraction of sp³-hybridized carbons (Fsp3) is 0.176. The molecule has 2 aromatic rings. The Labute approximate surface area is 130 Å². The van der Waals surface area contributed by atoms with Crippen molar-refractivity contribution in [1.29, 1.82) is 0 Å². The molecule has 120 valence electrons. The van der Waals surface area contributed by atoms with Crippen molar-refractivity contribution in [3.63, 3.8) is 0 Å². The summed E-state index contributed by atoms with van der Waals surface area (Å²) in [6, 6.07) is 8.76. The summed E-state index contributed by atoms with van der Waals surface area (Å²) in [6.07, 6.45) is -1.77. The van der Waals surface area contributed by atoms with Crippen LogP contribution in [0.25, 0.3) is 6.08 Å².